The predicted molar refractivity (Wildman–Crippen MR) is 69.9 cm³/mol. The van der Waals surface area contributed by atoms with Gasteiger partial charge < -0.3 is 17.7 Å². The van der Waals surface area contributed by atoms with E-state index in [1.807, 2.05) is 18.2 Å². The summed E-state index contributed by atoms with van der Waals surface area (Å²) in [7, 11) is 1.73. The van der Waals surface area contributed by atoms with Crippen LogP contribution >= 0.6 is 11.8 Å². The van der Waals surface area contributed by atoms with Crippen molar-refractivity contribution in [2.45, 2.75) is 4.90 Å². The molecule has 0 aliphatic rings. The van der Waals surface area contributed by atoms with Gasteiger partial charge in [0, 0.05) is 32.0 Å². The molecule has 0 saturated carbocycles. The van der Waals surface area contributed by atoms with E-state index < -0.39 is 9.05 Å². The highest BCUT2D eigenvalue weighted by Gasteiger charge is 2.41. The summed E-state index contributed by atoms with van der Waals surface area (Å²) in [4.78, 5) is 1.22. The van der Waals surface area contributed by atoms with Crippen LogP contribution in [0.5, 0.6) is 0 Å². The summed E-state index contributed by atoms with van der Waals surface area (Å²) in [6.45, 7) is 0.529. The third-order valence-electron chi connectivity index (χ3n) is 2.12. The summed E-state index contributed by atoms with van der Waals surface area (Å²) in [6.07, 6.45) is 0. The average Bonchev–Trinajstić information content (AvgIpc) is 2.41. The Morgan fingerprint density at radius 1 is 1.00 bits per heavy atom. The predicted octanol–water partition coefficient (Wildman–Crippen LogP) is 2.17. The fourth-order valence-electron chi connectivity index (χ4n) is 1.27. The van der Waals surface area contributed by atoms with Gasteiger partial charge in [-0.2, -0.15) is 0 Å². The molecule has 0 aliphatic heterocycles. The van der Waals surface area contributed by atoms with E-state index in [4.69, 9.17) is 17.7 Å². The maximum atomic E-state index is 5.55. The van der Waals surface area contributed by atoms with Crippen LogP contribution in [0.3, 0.4) is 0 Å². The molecule has 0 saturated heterocycles. The Morgan fingerprint density at radius 2 is 1.59 bits per heavy atom. The van der Waals surface area contributed by atoms with Gasteiger partial charge in [0.2, 0.25) is 0 Å². The quantitative estimate of drug-likeness (QED) is 0.412. The van der Waals surface area contributed by atoms with Crippen molar-refractivity contribution in [2.24, 2.45) is 0 Å². The number of thioether (sulfide) groups is 1. The Kier molecular flexibility index (Phi) is 6.79. The molecule has 0 radical (unpaired) electrons. The van der Waals surface area contributed by atoms with Gasteiger partial charge in [-0.1, -0.05) is 18.2 Å². The summed E-state index contributed by atoms with van der Waals surface area (Å²) < 4.78 is 21.0. The maximum Gasteiger partial charge on any atom is 0.678 e. The summed E-state index contributed by atoms with van der Waals surface area (Å²) in [5.41, 5.74) is 0. The Hall–Kier alpha value is -0.373. The zero-order chi connectivity index (χ0) is 12.6. The Bertz CT molecular complexity index is 297. The molecule has 17 heavy (non-hydrogen) atoms. The molecule has 0 unspecified atom stereocenters. The van der Waals surface area contributed by atoms with Crippen molar-refractivity contribution >= 4 is 20.8 Å². The molecular formula is C11H18O4SSi. The van der Waals surface area contributed by atoms with Gasteiger partial charge in [-0.15, -0.1) is 11.8 Å². The first-order valence-corrected chi connectivity index (χ1v) is 7.85. The van der Waals surface area contributed by atoms with Crippen molar-refractivity contribution in [3.8, 4) is 0 Å². The molecule has 0 fully saturated rings. The van der Waals surface area contributed by atoms with Gasteiger partial charge in [-0.25, -0.2) is 0 Å². The maximum absolute atomic E-state index is 5.55. The van der Waals surface area contributed by atoms with Crippen LogP contribution in [-0.2, 0) is 17.7 Å². The minimum absolute atomic E-state index is 0.529. The van der Waals surface area contributed by atoms with Gasteiger partial charge in [0.15, 0.2) is 0 Å². The SMILES string of the molecule is CO[Si](OC)(OC)OCCSc1ccccc1. The van der Waals surface area contributed by atoms with Crippen LogP contribution in [0.1, 0.15) is 0 Å². The topological polar surface area (TPSA) is 36.9 Å². The monoisotopic (exact) mass is 274 g/mol. The van der Waals surface area contributed by atoms with Crippen molar-refractivity contribution in [1.29, 1.82) is 0 Å². The van der Waals surface area contributed by atoms with E-state index in [9.17, 15) is 0 Å². The molecular weight excluding hydrogens is 256 g/mol. The highest BCUT2D eigenvalue weighted by molar-refractivity contribution is 7.99. The third-order valence-corrected chi connectivity index (χ3v) is 5.16. The first-order valence-electron chi connectivity index (χ1n) is 5.23. The molecule has 0 N–H and O–H groups in total. The van der Waals surface area contributed by atoms with Crippen LogP contribution in [0, 0.1) is 0 Å². The summed E-state index contributed by atoms with van der Waals surface area (Å²) in [6, 6.07) is 10.2. The second kappa shape index (κ2) is 7.86. The lowest BCUT2D eigenvalue weighted by molar-refractivity contribution is 0.0101. The van der Waals surface area contributed by atoms with E-state index in [0.29, 0.717) is 6.61 Å². The minimum atomic E-state index is -2.87. The fourth-order valence-corrected chi connectivity index (χ4v) is 3.38. The van der Waals surface area contributed by atoms with Crippen LogP contribution in [0.4, 0.5) is 0 Å². The molecule has 0 spiro atoms. The fraction of sp³-hybridized carbons (Fsp3) is 0.455. The molecule has 0 bridgehead atoms. The van der Waals surface area contributed by atoms with Crippen molar-refractivity contribution in [1.82, 2.24) is 0 Å². The van der Waals surface area contributed by atoms with Gasteiger partial charge in [-0.05, 0) is 12.1 Å². The molecule has 1 rings (SSSR count). The normalized spacial score (nSPS) is 11.7. The molecule has 1 aromatic rings. The van der Waals surface area contributed by atoms with Crippen LogP contribution in [-0.4, -0.2) is 42.7 Å². The number of hydrogen-bond acceptors (Lipinski definition) is 5. The highest BCUT2D eigenvalue weighted by Crippen LogP contribution is 2.17. The van der Waals surface area contributed by atoms with E-state index in [0.717, 1.165) is 5.75 Å². The molecule has 1 aromatic carbocycles. The first-order chi connectivity index (χ1) is 8.26. The van der Waals surface area contributed by atoms with Gasteiger partial charge in [0.05, 0.1) is 6.61 Å². The average molecular weight is 274 g/mol. The molecule has 0 amide bonds. The van der Waals surface area contributed by atoms with E-state index in [1.165, 1.54) is 26.2 Å². The summed E-state index contributed by atoms with van der Waals surface area (Å²) >= 11 is 1.72. The molecule has 0 heterocycles. The lowest BCUT2D eigenvalue weighted by Crippen LogP contribution is -2.46. The standard InChI is InChI=1S/C11H18O4SSi/c1-12-17(13-2,14-3)15-9-10-16-11-7-5-4-6-8-11/h4-8H,9-10H2,1-3H3. The number of benzene rings is 1. The van der Waals surface area contributed by atoms with Crippen LogP contribution < -0.4 is 0 Å². The molecule has 0 atom stereocenters. The zero-order valence-electron chi connectivity index (χ0n) is 10.3. The van der Waals surface area contributed by atoms with Gasteiger partial charge in [0.25, 0.3) is 0 Å². The molecule has 6 heteroatoms. The second-order valence-electron chi connectivity index (χ2n) is 3.12. The number of rotatable bonds is 8. The Labute approximate surface area is 108 Å². The lowest BCUT2D eigenvalue weighted by Gasteiger charge is -2.22. The van der Waals surface area contributed by atoms with E-state index in [1.54, 1.807) is 11.8 Å². The minimum Gasteiger partial charge on any atom is -0.355 e. The van der Waals surface area contributed by atoms with E-state index >= 15 is 0 Å². The summed E-state index contributed by atoms with van der Waals surface area (Å²) in [5.74, 6) is 0.828. The smallest absolute Gasteiger partial charge is 0.355 e. The lowest BCUT2D eigenvalue weighted by atomic mass is 10.4. The molecule has 0 aromatic heterocycles. The van der Waals surface area contributed by atoms with Gasteiger partial charge in [-0.3, -0.25) is 0 Å². The van der Waals surface area contributed by atoms with Gasteiger partial charge >= 0.3 is 9.05 Å². The highest BCUT2D eigenvalue weighted by atomic mass is 32.2. The van der Waals surface area contributed by atoms with Crippen LogP contribution in [0.2, 0.25) is 0 Å². The van der Waals surface area contributed by atoms with E-state index in [2.05, 4.69) is 12.1 Å². The van der Waals surface area contributed by atoms with Gasteiger partial charge in [0.1, 0.15) is 0 Å². The van der Waals surface area contributed by atoms with E-state index in [-0.39, 0.29) is 0 Å². The Balaban J connectivity index is 2.28. The zero-order valence-corrected chi connectivity index (χ0v) is 12.2. The van der Waals surface area contributed by atoms with Crippen LogP contribution in [0.25, 0.3) is 0 Å². The van der Waals surface area contributed by atoms with Crippen molar-refractivity contribution in [3.63, 3.8) is 0 Å². The molecule has 4 nitrogen and oxygen atoms in total. The van der Waals surface area contributed by atoms with Crippen molar-refractivity contribution in [3.05, 3.63) is 30.3 Å². The summed E-state index contributed by atoms with van der Waals surface area (Å²) in [5, 5.41) is 0. The molecule has 96 valence electrons. The van der Waals surface area contributed by atoms with Crippen molar-refractivity contribution < 1.29 is 17.7 Å². The Morgan fingerprint density at radius 3 is 2.12 bits per heavy atom. The third kappa shape index (κ3) is 4.78. The van der Waals surface area contributed by atoms with Crippen molar-refractivity contribution in [2.75, 3.05) is 33.7 Å². The first kappa shape index (κ1) is 14.7. The van der Waals surface area contributed by atoms with Crippen LogP contribution in [0.15, 0.2) is 35.2 Å². The molecule has 0 aliphatic carbocycles. The second-order valence-corrected chi connectivity index (χ2v) is 6.80. The largest absolute Gasteiger partial charge is 0.678 e. The number of hydrogen-bond donors (Lipinski definition) is 0.